The van der Waals surface area contributed by atoms with Crippen LogP contribution < -0.4 is 5.32 Å². The Hall–Kier alpha value is -2.46. The number of carbonyl (C=O) groups is 1. The van der Waals surface area contributed by atoms with E-state index in [-0.39, 0.29) is 40.6 Å². The van der Waals surface area contributed by atoms with Gasteiger partial charge in [-0.3, -0.25) is 14.9 Å². The second-order valence-electron chi connectivity index (χ2n) is 9.55. The number of non-ortho nitro benzene ring substituents is 1. The van der Waals surface area contributed by atoms with E-state index in [1.54, 1.807) is 17.0 Å². The molecule has 0 spiro atoms. The number of rotatable bonds is 6. The lowest BCUT2D eigenvalue weighted by Gasteiger charge is -2.36. The first-order valence-electron chi connectivity index (χ1n) is 11.4. The number of hydrogen-bond donors (Lipinski definition) is 1. The Balaban J connectivity index is 1.60. The van der Waals surface area contributed by atoms with Gasteiger partial charge in [-0.05, 0) is 61.8 Å². The van der Waals surface area contributed by atoms with Gasteiger partial charge in [0, 0.05) is 24.7 Å². The first-order chi connectivity index (χ1) is 14.8. The highest BCUT2D eigenvalue weighted by Gasteiger charge is 2.38. The number of benzene rings is 1. The van der Waals surface area contributed by atoms with Crippen LogP contribution in [0.5, 0.6) is 0 Å². The Morgan fingerprint density at radius 2 is 2.06 bits per heavy atom. The molecule has 31 heavy (non-hydrogen) atoms. The second kappa shape index (κ2) is 9.78. The molecule has 1 aliphatic carbocycles. The summed E-state index contributed by atoms with van der Waals surface area (Å²) in [5.41, 5.74) is 1.28. The third kappa shape index (κ3) is 5.07. The van der Waals surface area contributed by atoms with Crippen molar-refractivity contribution in [2.24, 2.45) is 11.8 Å². The summed E-state index contributed by atoms with van der Waals surface area (Å²) in [6.45, 7) is 7.67. The van der Waals surface area contributed by atoms with Gasteiger partial charge in [0.25, 0.3) is 5.69 Å². The highest BCUT2D eigenvalue weighted by atomic mass is 16.6. The first kappa shape index (κ1) is 23.2. The van der Waals surface area contributed by atoms with E-state index in [1.807, 2.05) is 12.1 Å². The van der Waals surface area contributed by atoms with Crippen LogP contribution >= 0.6 is 0 Å². The zero-order chi connectivity index (χ0) is 22.6. The van der Waals surface area contributed by atoms with Crippen LogP contribution in [0, 0.1) is 33.3 Å². The average molecular weight is 427 g/mol. The van der Waals surface area contributed by atoms with Gasteiger partial charge in [0.15, 0.2) is 0 Å². The van der Waals surface area contributed by atoms with Crippen molar-refractivity contribution in [1.29, 1.82) is 5.26 Å². The minimum atomic E-state index is -0.353. The van der Waals surface area contributed by atoms with E-state index in [0.29, 0.717) is 18.4 Å². The van der Waals surface area contributed by atoms with Gasteiger partial charge in [-0.1, -0.05) is 32.4 Å². The molecule has 1 aromatic rings. The number of nitro groups is 1. The van der Waals surface area contributed by atoms with Crippen LogP contribution in [-0.2, 0) is 10.2 Å². The number of nitro benzene ring substituents is 1. The summed E-state index contributed by atoms with van der Waals surface area (Å²) in [5, 5.41) is 23.6. The smallest absolute Gasteiger partial charge is 0.269 e. The van der Waals surface area contributed by atoms with E-state index in [2.05, 4.69) is 32.2 Å². The van der Waals surface area contributed by atoms with Crippen molar-refractivity contribution in [3.05, 3.63) is 39.9 Å². The van der Waals surface area contributed by atoms with Crippen LogP contribution in [0.25, 0.3) is 0 Å². The minimum absolute atomic E-state index is 0.0189. The van der Waals surface area contributed by atoms with E-state index < -0.39 is 0 Å². The van der Waals surface area contributed by atoms with E-state index >= 15 is 0 Å². The summed E-state index contributed by atoms with van der Waals surface area (Å²) < 4.78 is 0. The van der Waals surface area contributed by atoms with Crippen LogP contribution in [0.2, 0.25) is 0 Å². The zero-order valence-corrected chi connectivity index (χ0v) is 18.8. The molecule has 1 aliphatic heterocycles. The summed E-state index contributed by atoms with van der Waals surface area (Å²) in [4.78, 5) is 24.9. The van der Waals surface area contributed by atoms with Gasteiger partial charge < -0.3 is 10.2 Å². The van der Waals surface area contributed by atoms with E-state index in [9.17, 15) is 20.2 Å². The molecule has 1 aromatic carbocycles. The predicted molar refractivity (Wildman–Crippen MR) is 119 cm³/mol. The van der Waals surface area contributed by atoms with Gasteiger partial charge in [-0.15, -0.1) is 0 Å². The molecule has 5 atom stereocenters. The summed E-state index contributed by atoms with van der Waals surface area (Å²) in [7, 11) is 0. The van der Waals surface area contributed by atoms with Crippen LogP contribution in [-0.4, -0.2) is 40.9 Å². The van der Waals surface area contributed by atoms with E-state index in [4.69, 9.17) is 0 Å². The molecule has 0 bridgehead atoms. The molecule has 7 nitrogen and oxygen atoms in total. The number of nitrogens with one attached hydrogen (secondary N) is 1. The number of carbonyl (C=O) groups excluding carboxylic acids is 1. The van der Waals surface area contributed by atoms with Crippen LogP contribution in [0.15, 0.2) is 24.3 Å². The summed E-state index contributed by atoms with van der Waals surface area (Å²) in [5.74, 6) is 0.907. The molecule has 168 valence electrons. The lowest BCUT2D eigenvalue weighted by atomic mass is 9.69. The van der Waals surface area contributed by atoms with Crippen molar-refractivity contribution < 1.29 is 9.72 Å². The molecule has 1 saturated carbocycles. The Bertz CT molecular complexity index is 834. The maximum Gasteiger partial charge on any atom is 0.269 e. The quantitative estimate of drug-likeness (QED) is 0.418. The van der Waals surface area contributed by atoms with E-state index in [0.717, 1.165) is 38.5 Å². The highest BCUT2D eigenvalue weighted by Crippen LogP contribution is 2.44. The van der Waals surface area contributed by atoms with Gasteiger partial charge in [0.1, 0.15) is 6.04 Å². The first-order valence-corrected chi connectivity index (χ1v) is 11.4. The number of nitriles is 1. The molecular weight excluding hydrogens is 392 g/mol. The molecule has 3 rings (SSSR count). The number of amides is 1. The number of nitrogens with zero attached hydrogens (tertiary/aromatic N) is 3. The zero-order valence-electron chi connectivity index (χ0n) is 18.8. The predicted octanol–water partition coefficient (Wildman–Crippen LogP) is 4.17. The van der Waals surface area contributed by atoms with Gasteiger partial charge in [0.05, 0.1) is 17.5 Å². The van der Waals surface area contributed by atoms with Crippen molar-refractivity contribution in [1.82, 2.24) is 10.2 Å². The van der Waals surface area contributed by atoms with Crippen molar-refractivity contribution >= 4 is 11.6 Å². The molecular formula is C24H34N4O3. The molecule has 2 fully saturated rings. The summed E-state index contributed by atoms with van der Waals surface area (Å²) >= 11 is 0. The van der Waals surface area contributed by atoms with Crippen molar-refractivity contribution in [2.45, 2.75) is 76.8 Å². The van der Waals surface area contributed by atoms with Crippen molar-refractivity contribution in [2.75, 3.05) is 13.1 Å². The van der Waals surface area contributed by atoms with E-state index in [1.165, 1.54) is 5.56 Å². The third-order valence-corrected chi connectivity index (χ3v) is 7.76. The Morgan fingerprint density at radius 1 is 1.35 bits per heavy atom. The SMILES string of the molecule is CC(NCC(=O)N1CCC[C@H]1C#N)C1CCCC(C)(c2ccc([N+](=O)[O-])cc2)C(C)C1. The Kier molecular flexibility index (Phi) is 7.32. The number of hydrogen-bond acceptors (Lipinski definition) is 5. The number of likely N-dealkylation sites (tertiary alicyclic amines) is 1. The molecule has 2 aliphatic rings. The minimum Gasteiger partial charge on any atom is -0.326 e. The summed E-state index contributed by atoms with van der Waals surface area (Å²) in [6, 6.07) is 9.22. The summed E-state index contributed by atoms with van der Waals surface area (Å²) in [6.07, 6.45) is 5.96. The fourth-order valence-electron chi connectivity index (χ4n) is 5.37. The lowest BCUT2D eigenvalue weighted by molar-refractivity contribution is -0.384. The maximum absolute atomic E-state index is 12.6. The molecule has 0 aromatic heterocycles. The molecule has 0 radical (unpaired) electrons. The maximum atomic E-state index is 12.6. The normalized spacial score (nSPS) is 29.7. The molecule has 1 amide bonds. The Morgan fingerprint density at radius 3 is 2.71 bits per heavy atom. The topological polar surface area (TPSA) is 99.3 Å². The Labute approximate surface area is 185 Å². The van der Waals surface area contributed by atoms with Gasteiger partial charge >= 0.3 is 0 Å². The fourth-order valence-corrected chi connectivity index (χ4v) is 5.37. The molecule has 7 heteroatoms. The largest absolute Gasteiger partial charge is 0.326 e. The molecule has 1 saturated heterocycles. The second-order valence-corrected chi connectivity index (χ2v) is 9.55. The van der Waals surface area contributed by atoms with Gasteiger partial charge in [-0.2, -0.15) is 5.26 Å². The third-order valence-electron chi connectivity index (χ3n) is 7.76. The monoisotopic (exact) mass is 426 g/mol. The van der Waals surface area contributed by atoms with Gasteiger partial charge in [-0.25, -0.2) is 0 Å². The van der Waals surface area contributed by atoms with Gasteiger partial charge in [0.2, 0.25) is 5.91 Å². The standard InChI is InChI=1S/C24H34N4O3/c1-17-14-19(18(2)26-16-23(29)27-13-5-7-22(27)15-25)6-4-12-24(17,3)20-8-10-21(11-9-20)28(30)31/h8-11,17-19,22,26H,4-7,12-14,16H2,1-3H3/t17?,18?,19?,22-,24?/m0/s1. The molecule has 1 N–H and O–H groups in total. The highest BCUT2D eigenvalue weighted by molar-refractivity contribution is 5.79. The van der Waals surface area contributed by atoms with Crippen LogP contribution in [0.4, 0.5) is 5.69 Å². The lowest BCUT2D eigenvalue weighted by Crippen LogP contribution is -2.44. The average Bonchev–Trinajstić information content (AvgIpc) is 3.19. The van der Waals surface area contributed by atoms with Crippen molar-refractivity contribution in [3.63, 3.8) is 0 Å². The molecule has 1 heterocycles. The van der Waals surface area contributed by atoms with Crippen LogP contribution in [0.1, 0.15) is 64.9 Å². The van der Waals surface area contributed by atoms with Crippen molar-refractivity contribution in [3.8, 4) is 6.07 Å². The fraction of sp³-hybridized carbons (Fsp3) is 0.667. The molecule has 4 unspecified atom stereocenters. The van der Waals surface area contributed by atoms with Crippen LogP contribution in [0.3, 0.4) is 0 Å².